The summed E-state index contributed by atoms with van der Waals surface area (Å²) < 4.78 is 17.9. The number of carbonyl (C=O) groups is 2. The van der Waals surface area contributed by atoms with E-state index >= 15 is 0 Å². The summed E-state index contributed by atoms with van der Waals surface area (Å²) in [7, 11) is 1.23. The van der Waals surface area contributed by atoms with Gasteiger partial charge in [-0.1, -0.05) is 37.0 Å². The highest BCUT2D eigenvalue weighted by Gasteiger charge is 2.24. The lowest BCUT2D eigenvalue weighted by Crippen LogP contribution is -2.09. The number of aliphatic hydroxyl groups excluding tert-OH is 1. The molecule has 5 aromatic rings. The number of Topliss-reactive ketones (excluding diaryl/α,β-unsaturated/α-hetero) is 1. The Balaban J connectivity index is 1.53. The molecule has 20 nitrogen and oxygen atoms in total. The zero-order valence-corrected chi connectivity index (χ0v) is 26.7. The van der Waals surface area contributed by atoms with Crippen molar-refractivity contribution < 1.29 is 28.5 Å². The number of carbonyl (C=O) groups excluding carboxylic acids is 2. The number of nitrogens with two attached hydrogens (primary N) is 2. The number of ether oxygens (including phenoxy) is 1. The van der Waals surface area contributed by atoms with Gasteiger partial charge < -0.3 is 30.4 Å². The molecule has 0 saturated heterocycles. The largest absolute Gasteiger partial charge is 0.465 e. The van der Waals surface area contributed by atoms with Crippen LogP contribution in [0.4, 0.5) is 34.8 Å². The van der Waals surface area contributed by atoms with Crippen LogP contribution in [0.2, 0.25) is 0 Å². The van der Waals surface area contributed by atoms with Gasteiger partial charge in [0.2, 0.25) is 0 Å². The van der Waals surface area contributed by atoms with Gasteiger partial charge >= 0.3 is 5.97 Å². The number of hydrogen-bond donors (Lipinski definition) is 3. The number of aliphatic hydroxyl groups is 1. The molecule has 5 heterocycles. The molecular weight excluding hydrogens is 628 g/mol. The van der Waals surface area contributed by atoms with E-state index < -0.39 is 18.4 Å². The van der Waals surface area contributed by atoms with E-state index in [9.17, 15) is 14.7 Å². The summed E-state index contributed by atoms with van der Waals surface area (Å²) >= 11 is 0. The van der Waals surface area contributed by atoms with Gasteiger partial charge in [0.05, 0.1) is 29.9 Å². The molecule has 5 rings (SSSR count). The maximum absolute atomic E-state index is 12.2. The maximum atomic E-state index is 12.2. The number of aromatic nitrogens is 8. The van der Waals surface area contributed by atoms with Crippen LogP contribution >= 0.6 is 0 Å². The van der Waals surface area contributed by atoms with Gasteiger partial charge in [0.25, 0.3) is 11.8 Å². The number of anilines is 2. The Hall–Kier alpha value is -6.18. The number of nitrogens with zero attached hydrogens (tertiary/aromatic N) is 12. The Kier molecular flexibility index (Phi) is 9.73. The molecule has 5 aromatic heterocycles. The number of aryl methyl sites for hydroxylation is 4. The lowest BCUT2D eigenvalue weighted by Gasteiger charge is -2.06. The Bertz CT molecular complexity index is 1900. The SMILES string of the molecule is CCCc1nn(-c2cc(-n3nc(CCC)c(/N=N/c4onc(C)c4C(=O)OC)c3N)ncn2)c(N)c1/N=N/c1onc(C)c1C(=O)CO. The van der Waals surface area contributed by atoms with Crippen molar-refractivity contribution in [2.24, 2.45) is 20.5 Å². The van der Waals surface area contributed by atoms with Crippen molar-refractivity contribution in [3.8, 4) is 11.6 Å². The van der Waals surface area contributed by atoms with E-state index in [-0.39, 0.29) is 63.2 Å². The second-order valence-corrected chi connectivity index (χ2v) is 10.3. The van der Waals surface area contributed by atoms with Crippen molar-refractivity contribution in [2.45, 2.75) is 53.4 Å². The van der Waals surface area contributed by atoms with Gasteiger partial charge in [-0.3, -0.25) is 4.79 Å². The molecule has 0 unspecified atom stereocenters. The Labute approximate surface area is 271 Å². The summed E-state index contributed by atoms with van der Waals surface area (Å²) in [5, 5.41) is 42.7. The fourth-order valence-corrected chi connectivity index (χ4v) is 4.67. The van der Waals surface area contributed by atoms with E-state index in [1.807, 2.05) is 13.8 Å². The molecule has 0 aliphatic carbocycles. The van der Waals surface area contributed by atoms with Crippen molar-refractivity contribution in [1.29, 1.82) is 0 Å². The quantitative estimate of drug-likeness (QED) is 0.0901. The first-order valence-electron chi connectivity index (χ1n) is 14.7. The van der Waals surface area contributed by atoms with Gasteiger partial charge in [-0.2, -0.15) is 19.6 Å². The molecule has 0 amide bonds. The fourth-order valence-electron chi connectivity index (χ4n) is 4.67. The van der Waals surface area contributed by atoms with Crippen LogP contribution in [0.3, 0.4) is 0 Å². The summed E-state index contributed by atoms with van der Waals surface area (Å²) in [6.07, 6.45) is 3.70. The predicted octanol–water partition coefficient (Wildman–Crippen LogP) is 4.30. The predicted molar refractivity (Wildman–Crippen MR) is 167 cm³/mol. The standard InChI is InChI=1S/C28H32N14O6/c1-6-8-15-22(33-35-26-20(17(44)11-43)13(3)39-47-26)24(29)41(37-15)18-10-19(32-12-31-18)42-25(30)23(16(38-42)9-7-2)34-36-27-21(28(45)46-5)14(4)40-48-27/h10,12,43H,6-9,11,29-30H2,1-5H3/b35-33+,36-34+. The third-order valence-electron chi connectivity index (χ3n) is 6.96. The minimum Gasteiger partial charge on any atom is -0.465 e. The summed E-state index contributed by atoms with van der Waals surface area (Å²) in [6.45, 7) is 6.31. The number of azo groups is 2. The van der Waals surface area contributed by atoms with Gasteiger partial charge in [0, 0.05) is 6.07 Å². The maximum Gasteiger partial charge on any atom is 0.345 e. The number of methoxy groups -OCH3 is 1. The number of hydrogen-bond acceptors (Lipinski definition) is 18. The number of esters is 1. The highest BCUT2D eigenvalue weighted by Crippen LogP contribution is 2.35. The van der Waals surface area contributed by atoms with Gasteiger partial charge in [0.15, 0.2) is 46.0 Å². The van der Waals surface area contributed by atoms with Crippen molar-refractivity contribution >= 4 is 46.5 Å². The molecule has 20 heteroatoms. The van der Waals surface area contributed by atoms with Crippen molar-refractivity contribution in [1.82, 2.24) is 39.8 Å². The zero-order valence-electron chi connectivity index (χ0n) is 26.7. The first-order valence-corrected chi connectivity index (χ1v) is 14.7. The van der Waals surface area contributed by atoms with Crippen LogP contribution in [-0.2, 0) is 17.6 Å². The Morgan fingerprint density at radius 3 is 1.77 bits per heavy atom. The summed E-state index contributed by atoms with van der Waals surface area (Å²) in [4.78, 5) is 33.1. The van der Waals surface area contributed by atoms with Crippen LogP contribution in [0.1, 0.15) is 70.2 Å². The van der Waals surface area contributed by atoms with E-state index in [0.717, 1.165) is 0 Å². The lowest BCUT2D eigenvalue weighted by atomic mass is 10.2. The van der Waals surface area contributed by atoms with Crippen molar-refractivity contribution in [3.63, 3.8) is 0 Å². The van der Waals surface area contributed by atoms with E-state index in [0.29, 0.717) is 42.8 Å². The zero-order chi connectivity index (χ0) is 34.5. The topological polar surface area (TPSA) is 279 Å². The van der Waals surface area contributed by atoms with Gasteiger partial charge in [-0.25, -0.2) is 14.8 Å². The van der Waals surface area contributed by atoms with Gasteiger partial charge in [0.1, 0.15) is 18.5 Å². The second-order valence-electron chi connectivity index (χ2n) is 10.3. The summed E-state index contributed by atoms with van der Waals surface area (Å²) in [5.74, 6) is -0.873. The highest BCUT2D eigenvalue weighted by atomic mass is 16.5. The Morgan fingerprint density at radius 1 is 0.833 bits per heavy atom. The monoisotopic (exact) mass is 660 g/mol. The minimum absolute atomic E-state index is 0.0164. The van der Waals surface area contributed by atoms with E-state index in [2.05, 4.69) is 50.9 Å². The molecule has 0 radical (unpaired) electrons. The molecule has 0 aromatic carbocycles. The summed E-state index contributed by atoms with van der Waals surface area (Å²) in [5.41, 5.74) is 15.1. The minimum atomic E-state index is -0.746. The molecule has 250 valence electrons. The highest BCUT2D eigenvalue weighted by molar-refractivity contribution is 6.01. The molecular formula is C28H32N14O6. The van der Waals surface area contributed by atoms with Crippen LogP contribution in [0.15, 0.2) is 41.9 Å². The molecule has 0 aliphatic rings. The average Bonchev–Trinajstić information content (AvgIpc) is 3.82. The van der Waals surface area contributed by atoms with E-state index in [4.69, 9.17) is 25.3 Å². The second kappa shape index (κ2) is 14.1. The van der Waals surface area contributed by atoms with Crippen LogP contribution in [0, 0.1) is 13.8 Å². The van der Waals surface area contributed by atoms with Crippen molar-refractivity contribution in [2.75, 3.05) is 25.2 Å². The van der Waals surface area contributed by atoms with Crippen molar-refractivity contribution in [3.05, 3.63) is 46.3 Å². The lowest BCUT2D eigenvalue weighted by molar-refractivity contribution is 0.0600. The molecule has 48 heavy (non-hydrogen) atoms. The van der Waals surface area contributed by atoms with Crippen LogP contribution in [0.5, 0.6) is 0 Å². The van der Waals surface area contributed by atoms with Gasteiger partial charge in [-0.05, 0) is 26.7 Å². The fraction of sp³-hybridized carbons (Fsp3) is 0.357. The molecule has 0 bridgehead atoms. The first-order chi connectivity index (χ1) is 23.1. The number of rotatable bonds is 13. The summed E-state index contributed by atoms with van der Waals surface area (Å²) in [6, 6.07) is 1.56. The first kappa shape index (κ1) is 33.2. The van der Waals surface area contributed by atoms with Crippen LogP contribution in [0.25, 0.3) is 11.6 Å². The molecule has 0 spiro atoms. The van der Waals surface area contributed by atoms with Crippen LogP contribution in [-0.4, -0.2) is 70.4 Å². The molecule has 0 aliphatic heterocycles. The molecule has 5 N–H and O–H groups in total. The molecule has 0 saturated carbocycles. The van der Waals surface area contributed by atoms with Crippen LogP contribution < -0.4 is 11.5 Å². The average molecular weight is 661 g/mol. The third kappa shape index (κ3) is 6.27. The molecule has 0 atom stereocenters. The third-order valence-corrected chi connectivity index (χ3v) is 6.96. The van der Waals surface area contributed by atoms with Gasteiger partial charge in [-0.15, -0.1) is 20.5 Å². The normalized spacial score (nSPS) is 11.7. The number of ketones is 1. The molecule has 0 fully saturated rings. The van der Waals surface area contributed by atoms with E-state index in [1.54, 1.807) is 19.9 Å². The smallest absolute Gasteiger partial charge is 0.345 e. The Morgan fingerprint density at radius 2 is 1.31 bits per heavy atom. The number of nitrogen functional groups attached to an aromatic ring is 2. The van der Waals surface area contributed by atoms with E-state index in [1.165, 1.54) is 22.8 Å².